The van der Waals surface area contributed by atoms with Gasteiger partial charge in [0.25, 0.3) is 0 Å². The molecule has 1 aliphatic heterocycles. The Morgan fingerprint density at radius 3 is 1.97 bits per heavy atom. The minimum atomic E-state index is -1.83. The molecule has 0 aromatic rings. The van der Waals surface area contributed by atoms with Gasteiger partial charge in [0.2, 0.25) is 0 Å². The monoisotopic (exact) mass is 552 g/mol. The van der Waals surface area contributed by atoms with Gasteiger partial charge in [0.1, 0.15) is 0 Å². The number of rotatable bonds is 11. The van der Waals surface area contributed by atoms with E-state index < -0.39 is 16.6 Å². The third kappa shape index (κ3) is 11.0. The van der Waals surface area contributed by atoms with E-state index >= 15 is 0 Å². The second-order valence-electron chi connectivity index (χ2n) is 14.6. The number of hydrogen-bond acceptors (Lipinski definition) is 4. The van der Waals surface area contributed by atoms with E-state index in [0.29, 0.717) is 0 Å². The van der Waals surface area contributed by atoms with Crippen LogP contribution in [0, 0.1) is 0 Å². The lowest BCUT2D eigenvalue weighted by Gasteiger charge is -2.45. The average Bonchev–Trinajstić information content (AvgIpc) is 2.74. The van der Waals surface area contributed by atoms with Gasteiger partial charge in [-0.15, -0.1) is 0 Å². The van der Waals surface area contributed by atoms with E-state index in [4.69, 9.17) is 18.3 Å². The quantitative estimate of drug-likeness (QED) is 0.189. The molecule has 0 spiro atoms. The Labute approximate surface area is 232 Å². The number of unbranched alkanes of at least 4 members (excludes halogenated alkanes) is 1. The van der Waals surface area contributed by atoms with Crippen molar-refractivity contribution >= 4 is 16.6 Å². The fourth-order valence-corrected chi connectivity index (χ4v) is 7.33. The zero-order valence-electron chi connectivity index (χ0n) is 26.2. The van der Waals surface area contributed by atoms with Crippen LogP contribution in [0.25, 0.3) is 0 Å². The molecule has 216 valence electrons. The molecule has 1 saturated heterocycles. The van der Waals surface area contributed by atoms with E-state index in [9.17, 15) is 0 Å². The van der Waals surface area contributed by atoms with Crippen molar-refractivity contribution in [1.29, 1.82) is 0 Å². The average molecular weight is 553 g/mol. The summed E-state index contributed by atoms with van der Waals surface area (Å²) in [7, 11) is -3.67. The maximum absolute atomic E-state index is 6.92. The predicted molar refractivity (Wildman–Crippen MR) is 163 cm³/mol. The molecule has 0 aromatic carbocycles. The van der Waals surface area contributed by atoms with Gasteiger partial charge >= 0.3 is 0 Å². The molecular weight excluding hydrogens is 493 g/mol. The maximum atomic E-state index is 6.92. The predicted octanol–water partition coefficient (Wildman–Crippen LogP) is 9.54. The van der Waals surface area contributed by atoms with Gasteiger partial charge in [-0.3, -0.25) is 0 Å². The van der Waals surface area contributed by atoms with Crippen LogP contribution in [0.2, 0.25) is 36.3 Å². The first-order valence-electron chi connectivity index (χ1n) is 15.0. The van der Waals surface area contributed by atoms with Gasteiger partial charge < -0.3 is 18.3 Å². The lowest BCUT2D eigenvalue weighted by Crippen LogP contribution is -2.48. The number of ether oxygens (including phenoxy) is 2. The Morgan fingerprint density at radius 2 is 1.49 bits per heavy atom. The highest BCUT2D eigenvalue weighted by atomic mass is 28.4. The molecule has 6 heteroatoms. The van der Waals surface area contributed by atoms with Crippen molar-refractivity contribution in [1.82, 2.24) is 0 Å². The second-order valence-corrected chi connectivity index (χ2v) is 24.1. The van der Waals surface area contributed by atoms with Gasteiger partial charge in [-0.05, 0) is 101 Å². The van der Waals surface area contributed by atoms with Gasteiger partial charge in [-0.1, -0.05) is 65.3 Å². The normalized spacial score (nSPS) is 25.5. The molecule has 2 aliphatic rings. The van der Waals surface area contributed by atoms with E-state index in [-0.39, 0.29) is 34.7 Å². The topological polar surface area (TPSA) is 36.9 Å². The molecule has 37 heavy (non-hydrogen) atoms. The highest BCUT2D eigenvalue weighted by Crippen LogP contribution is 2.43. The minimum absolute atomic E-state index is 0.0123. The van der Waals surface area contributed by atoms with E-state index in [1.54, 1.807) is 0 Å². The standard InChI is InChI=1S/C31H60O4Si2/c1-25(33-29-20-16-17-21-32-29)18-14-12-13-15-19-26-22-27(34-36(8,9)30(2,3)4)24-28(23-26)35-37(10,11)31(5,6)7/h13,15,19,25,27-29H,12,14,16-18,20-24H2,1-11H3/t25?,27-,28-,29?/m1/s1. The molecule has 0 N–H and O–H groups in total. The fraction of sp³-hybridized carbons (Fsp3) is 0.871. The Hall–Kier alpha value is -0.246. The van der Waals surface area contributed by atoms with Crippen molar-refractivity contribution in [2.24, 2.45) is 0 Å². The molecule has 2 unspecified atom stereocenters. The lowest BCUT2D eigenvalue weighted by atomic mass is 9.90. The van der Waals surface area contributed by atoms with Crippen LogP contribution in [0.1, 0.15) is 106 Å². The minimum Gasteiger partial charge on any atom is -0.414 e. The van der Waals surface area contributed by atoms with Crippen LogP contribution in [-0.2, 0) is 18.3 Å². The molecule has 0 bridgehead atoms. The second kappa shape index (κ2) is 13.9. The zero-order chi connectivity index (χ0) is 27.9. The third-order valence-electron chi connectivity index (χ3n) is 9.01. The Morgan fingerprint density at radius 1 is 0.919 bits per heavy atom. The molecule has 4 atom stereocenters. The van der Waals surface area contributed by atoms with Crippen molar-refractivity contribution < 1.29 is 18.3 Å². The van der Waals surface area contributed by atoms with Crippen molar-refractivity contribution in [2.75, 3.05) is 6.61 Å². The van der Waals surface area contributed by atoms with Crippen molar-refractivity contribution in [2.45, 2.75) is 167 Å². The molecule has 2 fully saturated rings. The summed E-state index contributed by atoms with van der Waals surface area (Å²) < 4.78 is 25.6. The first-order chi connectivity index (χ1) is 17.0. The van der Waals surface area contributed by atoms with Gasteiger partial charge in [0.05, 0.1) is 18.3 Å². The molecule has 4 nitrogen and oxygen atoms in total. The maximum Gasteiger partial charge on any atom is 0.192 e. The highest BCUT2D eigenvalue weighted by Gasteiger charge is 2.43. The summed E-state index contributed by atoms with van der Waals surface area (Å²) in [5.74, 6) is 0. The highest BCUT2D eigenvalue weighted by molar-refractivity contribution is 6.74. The van der Waals surface area contributed by atoms with Gasteiger partial charge in [-0.25, -0.2) is 0 Å². The first-order valence-corrected chi connectivity index (χ1v) is 20.8. The molecular formula is C31H60O4Si2. The van der Waals surface area contributed by atoms with Crippen molar-refractivity contribution in [3.63, 3.8) is 0 Å². The Bertz CT molecular complexity index is 701. The summed E-state index contributed by atoms with van der Waals surface area (Å²) in [6.45, 7) is 26.5. The van der Waals surface area contributed by atoms with Crippen LogP contribution in [-0.4, -0.2) is 47.8 Å². The number of allylic oxidation sites excluding steroid dienone is 3. The van der Waals surface area contributed by atoms with Crippen LogP contribution >= 0.6 is 0 Å². The molecule has 2 rings (SSSR count). The molecule has 0 amide bonds. The van der Waals surface area contributed by atoms with E-state index in [2.05, 4.69) is 92.9 Å². The molecule has 0 aromatic heterocycles. The SMILES string of the molecule is CC(CCCC=CC=C1C[C@@H](O[Si](C)(C)C(C)(C)C)C[C@H](O[Si](C)(C)C(C)(C)C)C1)OC1CCCCO1. The summed E-state index contributed by atoms with van der Waals surface area (Å²) in [4.78, 5) is 0. The van der Waals surface area contributed by atoms with Gasteiger partial charge in [0.15, 0.2) is 22.9 Å². The lowest BCUT2D eigenvalue weighted by molar-refractivity contribution is -0.185. The van der Waals surface area contributed by atoms with Crippen molar-refractivity contribution in [3.8, 4) is 0 Å². The third-order valence-corrected chi connectivity index (χ3v) is 18.1. The molecule has 0 radical (unpaired) electrons. The van der Waals surface area contributed by atoms with Gasteiger partial charge in [-0.2, -0.15) is 0 Å². The van der Waals surface area contributed by atoms with Crippen molar-refractivity contribution in [3.05, 3.63) is 23.8 Å². The molecule has 1 saturated carbocycles. The van der Waals surface area contributed by atoms with Crippen LogP contribution < -0.4 is 0 Å². The fourth-order valence-electron chi connectivity index (χ4n) is 4.60. The van der Waals surface area contributed by atoms with E-state index in [0.717, 1.165) is 51.6 Å². The summed E-state index contributed by atoms with van der Waals surface area (Å²) in [5, 5.41) is 0.432. The van der Waals surface area contributed by atoms with Crippen LogP contribution in [0.3, 0.4) is 0 Å². The first kappa shape index (κ1) is 33.0. The van der Waals surface area contributed by atoms with Crippen LogP contribution in [0.4, 0.5) is 0 Å². The smallest absolute Gasteiger partial charge is 0.192 e. The molecule has 1 heterocycles. The summed E-state index contributed by atoms with van der Waals surface area (Å²) in [6.07, 6.45) is 17.5. The van der Waals surface area contributed by atoms with Crippen LogP contribution in [0.5, 0.6) is 0 Å². The largest absolute Gasteiger partial charge is 0.414 e. The number of hydrogen-bond donors (Lipinski definition) is 0. The van der Waals surface area contributed by atoms with E-state index in [1.165, 1.54) is 18.4 Å². The Balaban J connectivity index is 1.95. The summed E-state index contributed by atoms with van der Waals surface area (Å²) in [5.41, 5.74) is 1.47. The van der Waals surface area contributed by atoms with E-state index in [1.807, 2.05) is 0 Å². The Kier molecular flexibility index (Phi) is 12.4. The summed E-state index contributed by atoms with van der Waals surface area (Å²) in [6, 6.07) is 0. The molecule has 1 aliphatic carbocycles. The van der Waals surface area contributed by atoms with Crippen LogP contribution in [0.15, 0.2) is 23.8 Å². The van der Waals surface area contributed by atoms with Gasteiger partial charge in [0, 0.05) is 6.61 Å². The zero-order valence-corrected chi connectivity index (χ0v) is 28.2. The summed E-state index contributed by atoms with van der Waals surface area (Å²) >= 11 is 0.